The van der Waals surface area contributed by atoms with Crippen LogP contribution in [0.4, 0.5) is 0 Å². The van der Waals surface area contributed by atoms with Crippen LogP contribution in [0.25, 0.3) is 11.6 Å². The van der Waals surface area contributed by atoms with Gasteiger partial charge in [0.15, 0.2) is 5.76 Å². The quantitative estimate of drug-likeness (QED) is 0.705. The molecule has 0 aromatic carbocycles. The van der Waals surface area contributed by atoms with E-state index in [1.165, 1.54) is 11.1 Å². The highest BCUT2D eigenvalue weighted by molar-refractivity contribution is 5.75. The van der Waals surface area contributed by atoms with Crippen LogP contribution in [-0.4, -0.2) is 46.9 Å². The number of hydrogen-bond acceptors (Lipinski definition) is 7. The minimum atomic E-state index is -0.150. The molecule has 1 unspecified atom stereocenters. The molecule has 1 amide bonds. The van der Waals surface area contributed by atoms with E-state index in [4.69, 9.17) is 4.42 Å². The van der Waals surface area contributed by atoms with Crippen LogP contribution in [0.1, 0.15) is 25.0 Å². The minimum absolute atomic E-state index is 0.0138. The van der Waals surface area contributed by atoms with Crippen molar-refractivity contribution < 1.29 is 9.21 Å². The van der Waals surface area contributed by atoms with E-state index in [0.717, 1.165) is 30.9 Å². The molecule has 0 aliphatic carbocycles. The SMILES string of the molecule is CCc1nnc2n1CC(NC(=O)Cn1nnc(-c3ccco3)n1)CC2. The smallest absolute Gasteiger partial charge is 0.243 e. The Morgan fingerprint density at radius 2 is 2.32 bits per heavy atom. The number of hydrogen-bond donors (Lipinski definition) is 1. The molecule has 10 heteroatoms. The molecule has 0 saturated carbocycles. The second-order valence-electron chi connectivity index (χ2n) is 5.92. The number of aryl methyl sites for hydroxylation is 2. The Hall–Kier alpha value is -3.04. The number of carbonyl (C=O) groups excluding carboxylic acids is 1. The maximum atomic E-state index is 12.3. The summed E-state index contributed by atoms with van der Waals surface area (Å²) in [4.78, 5) is 13.5. The first-order valence-electron chi connectivity index (χ1n) is 8.25. The zero-order chi connectivity index (χ0) is 17.2. The molecule has 0 spiro atoms. The van der Waals surface area contributed by atoms with Crippen molar-refractivity contribution in [3.05, 3.63) is 30.0 Å². The Morgan fingerprint density at radius 1 is 1.40 bits per heavy atom. The molecule has 10 nitrogen and oxygen atoms in total. The molecule has 130 valence electrons. The summed E-state index contributed by atoms with van der Waals surface area (Å²) in [6.07, 6.45) is 4.01. The highest BCUT2D eigenvalue weighted by Crippen LogP contribution is 2.16. The van der Waals surface area contributed by atoms with Gasteiger partial charge in [0.25, 0.3) is 0 Å². The molecule has 4 heterocycles. The average molecular weight is 342 g/mol. The molecule has 1 atom stereocenters. The number of fused-ring (bicyclic) bond motifs is 1. The van der Waals surface area contributed by atoms with Crippen LogP contribution in [0.5, 0.6) is 0 Å². The number of nitrogens with zero attached hydrogens (tertiary/aromatic N) is 7. The molecule has 0 radical (unpaired) electrons. The van der Waals surface area contributed by atoms with Crippen LogP contribution >= 0.6 is 0 Å². The zero-order valence-corrected chi connectivity index (χ0v) is 13.8. The molecule has 1 aliphatic rings. The van der Waals surface area contributed by atoms with Gasteiger partial charge in [-0.05, 0) is 23.8 Å². The molecule has 3 aromatic heterocycles. The Labute approximate surface area is 143 Å². The third-order valence-corrected chi connectivity index (χ3v) is 4.18. The molecule has 0 bridgehead atoms. The number of nitrogens with one attached hydrogen (secondary N) is 1. The summed E-state index contributed by atoms with van der Waals surface area (Å²) in [5.74, 6) is 2.67. The van der Waals surface area contributed by atoms with E-state index in [2.05, 4.69) is 35.5 Å². The highest BCUT2D eigenvalue weighted by atomic mass is 16.3. The summed E-state index contributed by atoms with van der Waals surface area (Å²) in [5, 5.41) is 23.3. The summed E-state index contributed by atoms with van der Waals surface area (Å²) >= 11 is 0. The molecule has 4 rings (SSSR count). The van der Waals surface area contributed by atoms with Gasteiger partial charge < -0.3 is 14.3 Å². The van der Waals surface area contributed by atoms with E-state index in [1.54, 1.807) is 12.1 Å². The predicted octanol–water partition coefficient (Wildman–Crippen LogP) is 0.218. The van der Waals surface area contributed by atoms with E-state index >= 15 is 0 Å². The first-order chi connectivity index (χ1) is 12.2. The normalized spacial score (nSPS) is 16.6. The predicted molar refractivity (Wildman–Crippen MR) is 85.2 cm³/mol. The number of carbonyl (C=O) groups is 1. The number of furan rings is 1. The number of rotatable bonds is 5. The van der Waals surface area contributed by atoms with Gasteiger partial charge in [0.1, 0.15) is 18.2 Å². The van der Waals surface area contributed by atoms with Gasteiger partial charge in [-0.25, -0.2) is 0 Å². The van der Waals surface area contributed by atoms with Crippen molar-refractivity contribution >= 4 is 5.91 Å². The van der Waals surface area contributed by atoms with Crippen LogP contribution in [0, 0.1) is 0 Å². The molecule has 0 saturated heterocycles. The van der Waals surface area contributed by atoms with Crippen molar-refractivity contribution in [2.45, 2.75) is 45.3 Å². The van der Waals surface area contributed by atoms with Crippen LogP contribution < -0.4 is 5.32 Å². The minimum Gasteiger partial charge on any atom is -0.461 e. The maximum absolute atomic E-state index is 12.3. The van der Waals surface area contributed by atoms with Crippen molar-refractivity contribution in [3.8, 4) is 11.6 Å². The largest absolute Gasteiger partial charge is 0.461 e. The number of amides is 1. The molecule has 1 aliphatic heterocycles. The standard InChI is InChI=1S/C15H18N8O2/c1-2-12-17-18-13-6-5-10(8-22(12)13)16-14(24)9-23-20-15(19-21-23)11-4-3-7-25-11/h3-4,7,10H,2,5-6,8-9H2,1H3,(H,16,24). The lowest BCUT2D eigenvalue weighted by molar-refractivity contribution is -0.123. The zero-order valence-electron chi connectivity index (χ0n) is 13.8. The summed E-state index contributed by atoms with van der Waals surface area (Å²) in [6.45, 7) is 2.76. The van der Waals surface area contributed by atoms with Gasteiger partial charge in [-0.3, -0.25) is 4.79 Å². The molecule has 0 fully saturated rings. The highest BCUT2D eigenvalue weighted by Gasteiger charge is 2.23. The lowest BCUT2D eigenvalue weighted by atomic mass is 10.1. The maximum Gasteiger partial charge on any atom is 0.243 e. The Morgan fingerprint density at radius 3 is 3.12 bits per heavy atom. The lowest BCUT2D eigenvalue weighted by Gasteiger charge is -2.25. The van der Waals surface area contributed by atoms with E-state index in [0.29, 0.717) is 18.1 Å². The van der Waals surface area contributed by atoms with E-state index in [9.17, 15) is 4.79 Å². The van der Waals surface area contributed by atoms with Gasteiger partial charge in [0.05, 0.1) is 6.26 Å². The van der Waals surface area contributed by atoms with Crippen molar-refractivity contribution in [3.63, 3.8) is 0 Å². The van der Waals surface area contributed by atoms with Gasteiger partial charge in [-0.2, -0.15) is 4.80 Å². The van der Waals surface area contributed by atoms with E-state index in [1.807, 2.05) is 6.92 Å². The van der Waals surface area contributed by atoms with Crippen molar-refractivity contribution in [1.82, 2.24) is 40.3 Å². The molecule has 3 aromatic rings. The van der Waals surface area contributed by atoms with Crippen LogP contribution in [-0.2, 0) is 30.7 Å². The van der Waals surface area contributed by atoms with E-state index in [-0.39, 0.29) is 18.5 Å². The Bertz CT molecular complexity index is 853. The monoisotopic (exact) mass is 342 g/mol. The summed E-state index contributed by atoms with van der Waals surface area (Å²) in [5.41, 5.74) is 0. The van der Waals surface area contributed by atoms with Gasteiger partial charge in [-0.15, -0.1) is 20.4 Å². The number of aromatic nitrogens is 7. The summed E-state index contributed by atoms with van der Waals surface area (Å²) < 4.78 is 7.31. The molecular weight excluding hydrogens is 324 g/mol. The van der Waals surface area contributed by atoms with Gasteiger partial charge in [0, 0.05) is 25.4 Å². The van der Waals surface area contributed by atoms with Crippen LogP contribution in [0.2, 0.25) is 0 Å². The van der Waals surface area contributed by atoms with Gasteiger partial charge in [-0.1, -0.05) is 6.92 Å². The second-order valence-corrected chi connectivity index (χ2v) is 5.92. The van der Waals surface area contributed by atoms with E-state index < -0.39 is 0 Å². The molecule has 25 heavy (non-hydrogen) atoms. The fourth-order valence-corrected chi connectivity index (χ4v) is 2.98. The molecule has 1 N–H and O–H groups in total. The van der Waals surface area contributed by atoms with Crippen LogP contribution in [0.3, 0.4) is 0 Å². The second kappa shape index (κ2) is 6.46. The third kappa shape index (κ3) is 3.14. The summed E-state index contributed by atoms with van der Waals surface area (Å²) in [7, 11) is 0. The van der Waals surface area contributed by atoms with Crippen molar-refractivity contribution in [1.29, 1.82) is 0 Å². The Balaban J connectivity index is 1.37. The number of tetrazole rings is 1. The average Bonchev–Trinajstić information content (AvgIpc) is 3.34. The molecular formula is C15H18N8O2. The lowest BCUT2D eigenvalue weighted by Crippen LogP contribution is -2.42. The third-order valence-electron chi connectivity index (χ3n) is 4.18. The Kier molecular flexibility index (Phi) is 4.00. The first-order valence-corrected chi connectivity index (χ1v) is 8.25. The topological polar surface area (TPSA) is 117 Å². The van der Waals surface area contributed by atoms with Gasteiger partial charge in [0.2, 0.25) is 11.7 Å². The fourth-order valence-electron chi connectivity index (χ4n) is 2.98. The first kappa shape index (κ1) is 15.5. The van der Waals surface area contributed by atoms with Crippen molar-refractivity contribution in [2.24, 2.45) is 0 Å². The van der Waals surface area contributed by atoms with Crippen molar-refractivity contribution in [2.75, 3.05) is 0 Å². The summed E-state index contributed by atoms with van der Waals surface area (Å²) in [6, 6.07) is 3.54. The fraction of sp³-hybridized carbons (Fsp3) is 0.467. The van der Waals surface area contributed by atoms with Crippen LogP contribution in [0.15, 0.2) is 22.8 Å². The van der Waals surface area contributed by atoms with Gasteiger partial charge >= 0.3 is 0 Å².